The molecule has 2 rings (SSSR count). The van der Waals surface area contributed by atoms with Crippen LogP contribution >= 0.6 is 0 Å². The second kappa shape index (κ2) is 6.25. The third kappa shape index (κ3) is 3.40. The maximum atomic E-state index is 4.10. The predicted octanol–water partition coefficient (Wildman–Crippen LogP) is 3.32. The molecule has 0 radical (unpaired) electrons. The van der Waals surface area contributed by atoms with Crippen LogP contribution in [0.3, 0.4) is 0 Å². The highest BCUT2D eigenvalue weighted by molar-refractivity contribution is 5.05. The molecule has 1 heterocycles. The summed E-state index contributed by atoms with van der Waals surface area (Å²) in [6, 6.07) is 0.404. The summed E-state index contributed by atoms with van der Waals surface area (Å²) in [5, 5.41) is 11.8. The second-order valence-corrected chi connectivity index (χ2v) is 7.30. The van der Waals surface area contributed by atoms with Crippen LogP contribution < -0.4 is 5.32 Å². The molecule has 114 valence electrons. The number of hydrogen-bond donors (Lipinski definition) is 1. The minimum Gasteiger partial charge on any atom is -0.309 e. The first-order valence-corrected chi connectivity index (χ1v) is 8.01. The van der Waals surface area contributed by atoms with Crippen molar-refractivity contribution in [2.75, 3.05) is 6.54 Å². The fraction of sp³-hybridized carbons (Fsp3) is 0.875. The molecule has 0 bridgehead atoms. The van der Waals surface area contributed by atoms with Gasteiger partial charge >= 0.3 is 0 Å². The van der Waals surface area contributed by atoms with E-state index in [4.69, 9.17) is 0 Å². The first-order valence-electron chi connectivity index (χ1n) is 8.01. The number of aryl methyl sites for hydroxylation is 1. The normalized spacial score (nSPS) is 25.6. The van der Waals surface area contributed by atoms with Crippen LogP contribution in [0.4, 0.5) is 0 Å². The molecule has 0 saturated heterocycles. The van der Waals surface area contributed by atoms with E-state index in [1.807, 2.05) is 17.9 Å². The molecule has 1 aliphatic rings. The molecule has 1 saturated carbocycles. The van der Waals surface area contributed by atoms with E-state index in [-0.39, 0.29) is 0 Å². The SMILES string of the molecule is CCNC(c1cnnn1C)C1CCC(C(C)(C)C)CC1. The van der Waals surface area contributed by atoms with Gasteiger partial charge in [0.1, 0.15) is 0 Å². The van der Waals surface area contributed by atoms with Gasteiger partial charge < -0.3 is 5.32 Å². The van der Waals surface area contributed by atoms with E-state index in [2.05, 4.69) is 43.3 Å². The van der Waals surface area contributed by atoms with Gasteiger partial charge in [-0.3, -0.25) is 4.68 Å². The monoisotopic (exact) mass is 278 g/mol. The Labute approximate surface area is 123 Å². The van der Waals surface area contributed by atoms with E-state index in [0.717, 1.165) is 12.5 Å². The highest BCUT2D eigenvalue weighted by Crippen LogP contribution is 2.43. The summed E-state index contributed by atoms with van der Waals surface area (Å²) < 4.78 is 1.92. The first-order chi connectivity index (χ1) is 9.43. The highest BCUT2D eigenvalue weighted by atomic mass is 15.4. The molecule has 1 N–H and O–H groups in total. The van der Waals surface area contributed by atoms with Crippen molar-refractivity contribution in [2.24, 2.45) is 24.3 Å². The first kappa shape index (κ1) is 15.5. The van der Waals surface area contributed by atoms with Crippen LogP contribution in [0.5, 0.6) is 0 Å². The summed E-state index contributed by atoms with van der Waals surface area (Å²) in [4.78, 5) is 0. The van der Waals surface area contributed by atoms with Gasteiger partial charge in [0, 0.05) is 7.05 Å². The van der Waals surface area contributed by atoms with Crippen molar-refractivity contribution in [2.45, 2.75) is 59.4 Å². The van der Waals surface area contributed by atoms with Gasteiger partial charge in [-0.2, -0.15) is 0 Å². The predicted molar refractivity (Wildman–Crippen MR) is 82.3 cm³/mol. The topological polar surface area (TPSA) is 42.7 Å². The lowest BCUT2D eigenvalue weighted by Crippen LogP contribution is -2.34. The molecule has 1 fully saturated rings. The number of nitrogens with zero attached hydrogens (tertiary/aromatic N) is 3. The maximum absolute atomic E-state index is 4.10. The molecular formula is C16H30N4. The minimum absolute atomic E-state index is 0.404. The van der Waals surface area contributed by atoms with Crippen LogP contribution in [-0.4, -0.2) is 21.5 Å². The van der Waals surface area contributed by atoms with Crippen molar-refractivity contribution < 1.29 is 0 Å². The zero-order valence-electron chi connectivity index (χ0n) is 13.7. The van der Waals surface area contributed by atoms with Gasteiger partial charge in [0.2, 0.25) is 0 Å². The molecule has 4 heteroatoms. The van der Waals surface area contributed by atoms with E-state index in [9.17, 15) is 0 Å². The van der Waals surface area contributed by atoms with Crippen LogP contribution in [-0.2, 0) is 7.05 Å². The minimum atomic E-state index is 0.404. The average molecular weight is 278 g/mol. The standard InChI is InChI=1S/C16H30N4/c1-6-17-15(14-11-18-19-20(14)5)12-7-9-13(10-8-12)16(2,3)4/h11-13,15,17H,6-10H2,1-5H3. The Morgan fingerprint density at radius 3 is 2.40 bits per heavy atom. The fourth-order valence-electron chi connectivity index (χ4n) is 3.63. The Kier molecular flexibility index (Phi) is 4.84. The molecule has 0 aromatic carbocycles. The summed E-state index contributed by atoms with van der Waals surface area (Å²) in [7, 11) is 1.99. The number of rotatable bonds is 4. The third-order valence-electron chi connectivity index (χ3n) is 4.96. The van der Waals surface area contributed by atoms with E-state index in [0.29, 0.717) is 17.4 Å². The molecular weight excluding hydrogens is 248 g/mol. The van der Waals surface area contributed by atoms with Crippen LogP contribution in [0, 0.1) is 17.3 Å². The highest BCUT2D eigenvalue weighted by Gasteiger charge is 2.34. The van der Waals surface area contributed by atoms with Crippen LogP contribution in [0.15, 0.2) is 6.20 Å². The molecule has 0 aliphatic heterocycles. The number of nitrogens with one attached hydrogen (secondary N) is 1. The summed E-state index contributed by atoms with van der Waals surface area (Å²) in [5.41, 5.74) is 1.68. The number of hydrogen-bond acceptors (Lipinski definition) is 3. The van der Waals surface area contributed by atoms with Crippen molar-refractivity contribution in [3.63, 3.8) is 0 Å². The quantitative estimate of drug-likeness (QED) is 0.918. The molecule has 1 atom stereocenters. The Bertz CT molecular complexity index is 410. The molecule has 0 amide bonds. The second-order valence-electron chi connectivity index (χ2n) is 7.30. The Balaban J connectivity index is 2.04. The molecule has 1 aromatic heterocycles. The zero-order valence-corrected chi connectivity index (χ0v) is 13.7. The lowest BCUT2D eigenvalue weighted by Gasteiger charge is -2.39. The molecule has 20 heavy (non-hydrogen) atoms. The smallest absolute Gasteiger partial charge is 0.0756 e. The summed E-state index contributed by atoms with van der Waals surface area (Å²) >= 11 is 0. The lowest BCUT2D eigenvalue weighted by molar-refractivity contribution is 0.131. The molecule has 1 aliphatic carbocycles. The Morgan fingerprint density at radius 1 is 1.30 bits per heavy atom. The van der Waals surface area contributed by atoms with Crippen LogP contribution in [0.1, 0.15) is 65.1 Å². The van der Waals surface area contributed by atoms with Gasteiger partial charge in [-0.05, 0) is 49.5 Å². The summed E-state index contributed by atoms with van der Waals surface area (Å²) in [6.07, 6.45) is 7.24. The van der Waals surface area contributed by atoms with Gasteiger partial charge in [0.05, 0.1) is 17.9 Å². The van der Waals surface area contributed by atoms with Crippen molar-refractivity contribution in [3.8, 4) is 0 Å². The fourth-order valence-corrected chi connectivity index (χ4v) is 3.63. The summed E-state index contributed by atoms with van der Waals surface area (Å²) in [6.45, 7) is 10.3. The molecule has 1 unspecified atom stereocenters. The van der Waals surface area contributed by atoms with Crippen molar-refractivity contribution >= 4 is 0 Å². The Morgan fingerprint density at radius 2 is 1.95 bits per heavy atom. The molecule has 4 nitrogen and oxygen atoms in total. The van der Waals surface area contributed by atoms with Gasteiger partial charge in [-0.15, -0.1) is 5.10 Å². The van der Waals surface area contributed by atoms with Crippen LogP contribution in [0.2, 0.25) is 0 Å². The van der Waals surface area contributed by atoms with E-state index < -0.39 is 0 Å². The summed E-state index contributed by atoms with van der Waals surface area (Å²) in [5.74, 6) is 1.58. The van der Waals surface area contributed by atoms with E-state index in [1.165, 1.54) is 31.4 Å². The van der Waals surface area contributed by atoms with Crippen molar-refractivity contribution in [3.05, 3.63) is 11.9 Å². The zero-order chi connectivity index (χ0) is 14.8. The van der Waals surface area contributed by atoms with Gasteiger partial charge in [0.25, 0.3) is 0 Å². The average Bonchev–Trinajstić information content (AvgIpc) is 2.81. The largest absolute Gasteiger partial charge is 0.309 e. The molecule has 1 aromatic rings. The number of aromatic nitrogens is 3. The maximum Gasteiger partial charge on any atom is 0.0756 e. The van der Waals surface area contributed by atoms with Gasteiger partial charge in [-0.1, -0.05) is 32.9 Å². The van der Waals surface area contributed by atoms with E-state index >= 15 is 0 Å². The van der Waals surface area contributed by atoms with E-state index in [1.54, 1.807) is 0 Å². The van der Waals surface area contributed by atoms with Gasteiger partial charge in [0.15, 0.2) is 0 Å². The third-order valence-corrected chi connectivity index (χ3v) is 4.96. The molecule has 0 spiro atoms. The van der Waals surface area contributed by atoms with Crippen LogP contribution in [0.25, 0.3) is 0 Å². The van der Waals surface area contributed by atoms with Gasteiger partial charge in [-0.25, -0.2) is 0 Å². The van der Waals surface area contributed by atoms with Crippen molar-refractivity contribution in [1.29, 1.82) is 0 Å². The lowest BCUT2D eigenvalue weighted by atomic mass is 9.68. The Hall–Kier alpha value is -0.900. The van der Waals surface area contributed by atoms with Crippen molar-refractivity contribution in [1.82, 2.24) is 20.3 Å².